The van der Waals surface area contributed by atoms with Crippen molar-refractivity contribution in [1.29, 1.82) is 0 Å². The third-order valence-corrected chi connectivity index (χ3v) is 5.34. The summed E-state index contributed by atoms with van der Waals surface area (Å²) in [5.41, 5.74) is 1.95. The van der Waals surface area contributed by atoms with E-state index in [4.69, 9.17) is 0 Å². The van der Waals surface area contributed by atoms with Crippen LogP contribution in [-0.4, -0.2) is 50.9 Å². The smallest absolute Gasteiger partial charge is 0.242 e. The zero-order chi connectivity index (χ0) is 17.1. The van der Waals surface area contributed by atoms with E-state index in [0.717, 1.165) is 42.0 Å². The predicted molar refractivity (Wildman–Crippen MR) is 97.9 cm³/mol. The number of imidazole rings is 1. The molecule has 2 aromatic rings. The lowest BCUT2D eigenvalue weighted by Gasteiger charge is -2.34. The lowest BCUT2D eigenvalue weighted by molar-refractivity contribution is -0.134. The van der Waals surface area contributed by atoms with Crippen molar-refractivity contribution in [3.63, 3.8) is 0 Å². The number of aliphatic hydroxyl groups excluding tert-OH is 1. The Morgan fingerprint density at radius 3 is 3.00 bits per heavy atom. The largest absolute Gasteiger partial charge is 0.393 e. The number of likely N-dealkylation sites (tertiary alicyclic amines) is 1. The molecule has 2 heterocycles. The van der Waals surface area contributed by atoms with Gasteiger partial charge in [0.05, 0.1) is 22.9 Å². The van der Waals surface area contributed by atoms with Crippen LogP contribution in [0.4, 0.5) is 0 Å². The van der Waals surface area contributed by atoms with Gasteiger partial charge in [0, 0.05) is 19.0 Å². The van der Waals surface area contributed by atoms with Crippen molar-refractivity contribution in [2.24, 2.45) is 5.92 Å². The molecule has 1 saturated heterocycles. The molecule has 1 aliphatic heterocycles. The van der Waals surface area contributed by atoms with Gasteiger partial charge in [-0.25, -0.2) is 4.98 Å². The number of hydrogen-bond acceptors (Lipinski definition) is 4. The Morgan fingerprint density at radius 2 is 2.25 bits per heavy atom. The molecule has 0 radical (unpaired) electrons. The molecule has 2 unspecified atom stereocenters. The highest BCUT2D eigenvalue weighted by Crippen LogP contribution is 2.22. The van der Waals surface area contributed by atoms with E-state index >= 15 is 0 Å². The van der Waals surface area contributed by atoms with Crippen molar-refractivity contribution in [2.45, 2.75) is 38.2 Å². The maximum atomic E-state index is 12.8. The molecule has 0 aliphatic carbocycles. The first kappa shape index (κ1) is 17.3. The van der Waals surface area contributed by atoms with Crippen LogP contribution in [0.2, 0.25) is 0 Å². The molecule has 1 N–H and O–H groups in total. The van der Waals surface area contributed by atoms with E-state index in [1.807, 2.05) is 46.9 Å². The van der Waals surface area contributed by atoms with Crippen LogP contribution in [0.1, 0.15) is 25.6 Å². The van der Waals surface area contributed by atoms with E-state index in [-0.39, 0.29) is 17.9 Å². The minimum absolute atomic E-state index is 0.117. The highest BCUT2D eigenvalue weighted by atomic mass is 32.2. The number of aliphatic hydroxyl groups is 1. The molecule has 0 saturated carbocycles. The molecule has 1 aliphatic rings. The van der Waals surface area contributed by atoms with Crippen molar-refractivity contribution in [3.8, 4) is 0 Å². The monoisotopic (exact) mass is 347 g/mol. The first-order valence-electron chi connectivity index (χ1n) is 8.49. The summed E-state index contributed by atoms with van der Waals surface area (Å²) in [5.74, 6) is 2.04. The topological polar surface area (TPSA) is 58.4 Å². The molecule has 6 heteroatoms. The van der Waals surface area contributed by atoms with Crippen molar-refractivity contribution >= 4 is 28.7 Å². The Kier molecular flexibility index (Phi) is 5.46. The van der Waals surface area contributed by atoms with Gasteiger partial charge in [-0.15, -0.1) is 0 Å². The first-order valence-corrected chi connectivity index (χ1v) is 9.88. The average molecular weight is 347 g/mol. The van der Waals surface area contributed by atoms with Gasteiger partial charge in [-0.05, 0) is 38.2 Å². The molecular weight excluding hydrogens is 322 g/mol. The predicted octanol–water partition coefficient (Wildman–Crippen LogP) is 2.52. The fourth-order valence-electron chi connectivity index (χ4n) is 3.41. The van der Waals surface area contributed by atoms with E-state index in [9.17, 15) is 9.90 Å². The van der Waals surface area contributed by atoms with Crippen molar-refractivity contribution in [3.05, 3.63) is 30.1 Å². The van der Waals surface area contributed by atoms with E-state index < -0.39 is 0 Å². The van der Waals surface area contributed by atoms with E-state index in [1.54, 1.807) is 11.8 Å². The van der Waals surface area contributed by atoms with Gasteiger partial charge in [-0.3, -0.25) is 4.79 Å². The third kappa shape index (κ3) is 3.59. The third-order valence-electron chi connectivity index (χ3n) is 4.79. The molecule has 1 aromatic heterocycles. The van der Waals surface area contributed by atoms with Crippen molar-refractivity contribution in [2.75, 3.05) is 19.3 Å². The second kappa shape index (κ2) is 7.57. The SMILES string of the molecule is CSCc1nc2ccccc2n1CC(=O)N1CCCC(C(C)O)C1. The molecule has 130 valence electrons. The highest BCUT2D eigenvalue weighted by molar-refractivity contribution is 7.97. The Hall–Kier alpha value is -1.53. The van der Waals surface area contributed by atoms with Crippen molar-refractivity contribution in [1.82, 2.24) is 14.5 Å². The molecule has 0 bridgehead atoms. The summed E-state index contributed by atoms with van der Waals surface area (Å²) in [5, 5.41) is 9.83. The second-order valence-corrected chi connectivity index (χ2v) is 7.38. The first-order chi connectivity index (χ1) is 11.6. The number of nitrogens with zero attached hydrogens (tertiary/aromatic N) is 3. The summed E-state index contributed by atoms with van der Waals surface area (Å²) >= 11 is 1.71. The van der Waals surface area contributed by atoms with Gasteiger partial charge in [-0.2, -0.15) is 11.8 Å². The number of hydrogen-bond donors (Lipinski definition) is 1. The molecule has 5 nitrogen and oxygen atoms in total. The number of piperidine rings is 1. The molecule has 0 spiro atoms. The molecule has 24 heavy (non-hydrogen) atoms. The standard InChI is InChI=1S/C18H25N3O2S/c1-13(22)14-6-5-9-20(10-14)18(23)11-21-16-8-4-3-7-15(16)19-17(21)12-24-2/h3-4,7-8,13-14,22H,5-6,9-12H2,1-2H3. The Labute approximate surface area is 147 Å². The van der Waals surface area contributed by atoms with Gasteiger partial charge in [0.2, 0.25) is 5.91 Å². The Bertz CT molecular complexity index is 713. The summed E-state index contributed by atoms with van der Waals surface area (Å²) in [4.78, 5) is 19.4. The zero-order valence-electron chi connectivity index (χ0n) is 14.3. The number of aromatic nitrogens is 2. The second-order valence-electron chi connectivity index (χ2n) is 6.52. The van der Waals surface area contributed by atoms with E-state index in [0.29, 0.717) is 13.1 Å². The summed E-state index contributed by atoms with van der Waals surface area (Å²) in [6.45, 7) is 3.58. The fraction of sp³-hybridized carbons (Fsp3) is 0.556. The number of thioether (sulfide) groups is 1. The number of carbonyl (C=O) groups is 1. The number of benzene rings is 1. The van der Waals surface area contributed by atoms with Gasteiger partial charge in [-0.1, -0.05) is 12.1 Å². The lowest BCUT2D eigenvalue weighted by Crippen LogP contribution is -2.44. The van der Waals surface area contributed by atoms with Gasteiger partial charge < -0.3 is 14.6 Å². The van der Waals surface area contributed by atoms with E-state index in [1.165, 1.54) is 0 Å². The maximum Gasteiger partial charge on any atom is 0.242 e. The molecule has 1 aromatic carbocycles. The van der Waals surface area contributed by atoms with Crippen LogP contribution in [0.5, 0.6) is 0 Å². The Morgan fingerprint density at radius 1 is 1.46 bits per heavy atom. The van der Waals surface area contributed by atoms with Crippen LogP contribution in [0.25, 0.3) is 11.0 Å². The minimum atomic E-state index is -0.360. The van der Waals surface area contributed by atoms with Crippen molar-refractivity contribution < 1.29 is 9.90 Å². The lowest BCUT2D eigenvalue weighted by atomic mass is 9.93. The molecule has 1 amide bonds. The fourth-order valence-corrected chi connectivity index (χ4v) is 3.89. The van der Waals surface area contributed by atoms with Gasteiger partial charge >= 0.3 is 0 Å². The van der Waals surface area contributed by atoms with Gasteiger partial charge in [0.15, 0.2) is 0 Å². The van der Waals surface area contributed by atoms with Crippen LogP contribution in [-0.2, 0) is 17.1 Å². The molecular formula is C18H25N3O2S. The molecule has 3 rings (SSSR count). The summed E-state index contributed by atoms with van der Waals surface area (Å²) in [6.07, 6.45) is 3.64. The van der Waals surface area contributed by atoms with Crippen LogP contribution in [0.15, 0.2) is 24.3 Å². The Balaban J connectivity index is 1.81. The molecule has 2 atom stereocenters. The van der Waals surface area contributed by atoms with Crippen LogP contribution < -0.4 is 0 Å². The summed E-state index contributed by atoms with van der Waals surface area (Å²) < 4.78 is 2.04. The average Bonchev–Trinajstić information content (AvgIpc) is 2.93. The van der Waals surface area contributed by atoms with Gasteiger partial charge in [0.25, 0.3) is 0 Å². The maximum absolute atomic E-state index is 12.8. The number of fused-ring (bicyclic) bond motifs is 1. The quantitative estimate of drug-likeness (QED) is 0.903. The van der Waals surface area contributed by atoms with Crippen LogP contribution >= 0.6 is 11.8 Å². The zero-order valence-corrected chi connectivity index (χ0v) is 15.1. The van der Waals surface area contributed by atoms with E-state index in [2.05, 4.69) is 4.98 Å². The minimum Gasteiger partial charge on any atom is -0.393 e. The number of para-hydroxylation sites is 2. The van der Waals surface area contributed by atoms with Gasteiger partial charge in [0.1, 0.15) is 12.4 Å². The normalized spacial score (nSPS) is 19.6. The van der Waals surface area contributed by atoms with Crippen LogP contribution in [0.3, 0.4) is 0 Å². The highest BCUT2D eigenvalue weighted by Gasteiger charge is 2.27. The summed E-state index contributed by atoms with van der Waals surface area (Å²) in [6, 6.07) is 7.97. The number of carbonyl (C=O) groups excluding carboxylic acids is 1. The van der Waals surface area contributed by atoms with Crippen LogP contribution in [0, 0.1) is 5.92 Å². The number of amides is 1. The molecule has 1 fully saturated rings. The number of rotatable bonds is 5. The summed E-state index contributed by atoms with van der Waals surface area (Å²) in [7, 11) is 0.